The highest BCUT2D eigenvalue weighted by atomic mass is 16.5. The summed E-state index contributed by atoms with van der Waals surface area (Å²) < 4.78 is 15.9. The van der Waals surface area contributed by atoms with Gasteiger partial charge in [-0.1, -0.05) is 18.2 Å². The molecule has 2 aromatic carbocycles. The zero-order valence-electron chi connectivity index (χ0n) is 12.6. The van der Waals surface area contributed by atoms with Gasteiger partial charge in [-0.05, 0) is 34.9 Å². The molecular weight excluding hydrogens is 268 g/mol. The van der Waals surface area contributed by atoms with E-state index in [1.54, 1.807) is 21.3 Å². The van der Waals surface area contributed by atoms with Crippen molar-refractivity contribution in [2.24, 2.45) is 0 Å². The second-order valence-corrected chi connectivity index (χ2v) is 4.64. The Morgan fingerprint density at radius 3 is 2.33 bits per heavy atom. The highest BCUT2D eigenvalue weighted by molar-refractivity contribution is 5.70. The molecule has 2 rings (SSSR count). The third-order valence-corrected chi connectivity index (χ3v) is 3.38. The van der Waals surface area contributed by atoms with E-state index in [-0.39, 0.29) is 6.61 Å². The highest BCUT2D eigenvalue weighted by Gasteiger charge is 2.10. The van der Waals surface area contributed by atoms with Crippen LogP contribution in [0.25, 0.3) is 11.1 Å². The van der Waals surface area contributed by atoms with Gasteiger partial charge in [0.15, 0.2) is 0 Å². The Labute approximate surface area is 124 Å². The Morgan fingerprint density at radius 1 is 0.905 bits per heavy atom. The van der Waals surface area contributed by atoms with Crippen molar-refractivity contribution in [3.63, 3.8) is 0 Å². The summed E-state index contributed by atoms with van der Waals surface area (Å²) in [7, 11) is 4.91. The molecule has 2 aromatic rings. The van der Waals surface area contributed by atoms with Crippen LogP contribution in [0.3, 0.4) is 0 Å². The molecule has 0 spiro atoms. The minimum atomic E-state index is -0.0446. The zero-order valence-corrected chi connectivity index (χ0v) is 12.6. The number of hydrogen-bond donors (Lipinski definition) is 1. The van der Waals surface area contributed by atoms with Crippen molar-refractivity contribution in [3.05, 3.63) is 47.5 Å². The summed E-state index contributed by atoms with van der Waals surface area (Å²) in [6.45, 7) is 0.452. The number of aliphatic hydroxyl groups excluding tert-OH is 1. The number of ether oxygens (including phenoxy) is 3. The molecule has 0 unspecified atom stereocenters. The summed E-state index contributed by atoms with van der Waals surface area (Å²) in [6, 6.07) is 11.6. The van der Waals surface area contributed by atoms with Crippen molar-refractivity contribution in [2.75, 3.05) is 21.3 Å². The van der Waals surface area contributed by atoms with Gasteiger partial charge >= 0.3 is 0 Å². The van der Waals surface area contributed by atoms with Gasteiger partial charge in [-0.3, -0.25) is 0 Å². The van der Waals surface area contributed by atoms with E-state index in [0.29, 0.717) is 12.4 Å². The van der Waals surface area contributed by atoms with Crippen LogP contribution in [0.2, 0.25) is 0 Å². The van der Waals surface area contributed by atoms with Gasteiger partial charge < -0.3 is 19.3 Å². The van der Waals surface area contributed by atoms with E-state index in [0.717, 1.165) is 28.0 Å². The Balaban J connectivity index is 2.50. The highest BCUT2D eigenvalue weighted by Crippen LogP contribution is 2.32. The molecule has 0 saturated heterocycles. The Kier molecular flexibility index (Phi) is 5.20. The van der Waals surface area contributed by atoms with Crippen LogP contribution in [-0.2, 0) is 18.0 Å². The molecule has 4 heteroatoms. The molecule has 0 aliphatic heterocycles. The lowest BCUT2D eigenvalue weighted by atomic mass is 9.98. The molecule has 0 saturated carbocycles. The zero-order chi connectivity index (χ0) is 15.2. The maximum absolute atomic E-state index is 9.30. The van der Waals surface area contributed by atoms with Gasteiger partial charge in [0.25, 0.3) is 0 Å². The van der Waals surface area contributed by atoms with Gasteiger partial charge in [0, 0.05) is 12.7 Å². The first-order valence-electron chi connectivity index (χ1n) is 6.67. The van der Waals surface area contributed by atoms with Crippen LogP contribution in [0.4, 0.5) is 0 Å². The molecule has 0 aromatic heterocycles. The van der Waals surface area contributed by atoms with Crippen molar-refractivity contribution < 1.29 is 19.3 Å². The minimum absolute atomic E-state index is 0.0446. The molecule has 21 heavy (non-hydrogen) atoms. The van der Waals surface area contributed by atoms with E-state index >= 15 is 0 Å². The van der Waals surface area contributed by atoms with Gasteiger partial charge in [0.2, 0.25) is 0 Å². The molecular formula is C17H20O4. The molecule has 0 aliphatic rings. The van der Waals surface area contributed by atoms with Gasteiger partial charge in [-0.25, -0.2) is 0 Å². The number of methoxy groups -OCH3 is 3. The van der Waals surface area contributed by atoms with Gasteiger partial charge in [0.1, 0.15) is 11.5 Å². The van der Waals surface area contributed by atoms with E-state index in [2.05, 4.69) is 0 Å². The number of rotatable bonds is 6. The SMILES string of the molecule is COCc1cc(OC)ccc1-c1ccc(CO)c(OC)c1. The smallest absolute Gasteiger partial charge is 0.124 e. The fourth-order valence-corrected chi connectivity index (χ4v) is 2.30. The fraction of sp³-hybridized carbons (Fsp3) is 0.294. The minimum Gasteiger partial charge on any atom is -0.497 e. The van der Waals surface area contributed by atoms with Crippen LogP contribution >= 0.6 is 0 Å². The molecule has 0 aliphatic carbocycles. The normalized spacial score (nSPS) is 10.5. The maximum Gasteiger partial charge on any atom is 0.124 e. The number of hydrogen-bond acceptors (Lipinski definition) is 4. The average molecular weight is 288 g/mol. The van der Waals surface area contributed by atoms with Crippen LogP contribution < -0.4 is 9.47 Å². The van der Waals surface area contributed by atoms with Crippen molar-refractivity contribution in [1.82, 2.24) is 0 Å². The first kappa shape index (κ1) is 15.4. The second kappa shape index (κ2) is 7.11. The molecule has 0 amide bonds. The Hall–Kier alpha value is -2.04. The molecule has 1 N–H and O–H groups in total. The first-order chi connectivity index (χ1) is 10.2. The van der Waals surface area contributed by atoms with Crippen molar-refractivity contribution >= 4 is 0 Å². The molecule has 0 radical (unpaired) electrons. The summed E-state index contributed by atoms with van der Waals surface area (Å²) in [5, 5.41) is 9.30. The molecule has 0 bridgehead atoms. The average Bonchev–Trinajstić information content (AvgIpc) is 2.54. The predicted molar refractivity (Wildman–Crippen MR) is 81.6 cm³/mol. The molecule has 112 valence electrons. The largest absolute Gasteiger partial charge is 0.497 e. The lowest BCUT2D eigenvalue weighted by molar-refractivity contribution is 0.185. The standard InChI is InChI=1S/C17H20O4/c1-19-11-14-8-15(20-2)6-7-16(14)12-4-5-13(10-18)17(9-12)21-3/h4-9,18H,10-11H2,1-3H3. The summed E-state index contributed by atoms with van der Waals surface area (Å²) in [6.07, 6.45) is 0. The summed E-state index contributed by atoms with van der Waals surface area (Å²) in [5.74, 6) is 1.47. The topological polar surface area (TPSA) is 47.9 Å². The lowest BCUT2D eigenvalue weighted by Crippen LogP contribution is -1.96. The van der Waals surface area contributed by atoms with E-state index in [1.165, 1.54) is 0 Å². The van der Waals surface area contributed by atoms with E-state index < -0.39 is 0 Å². The van der Waals surface area contributed by atoms with Crippen LogP contribution in [-0.4, -0.2) is 26.4 Å². The molecule has 0 fully saturated rings. The van der Waals surface area contributed by atoms with Gasteiger partial charge in [-0.15, -0.1) is 0 Å². The van der Waals surface area contributed by atoms with Crippen LogP contribution in [0, 0.1) is 0 Å². The lowest BCUT2D eigenvalue weighted by Gasteiger charge is -2.13. The van der Waals surface area contributed by atoms with Crippen LogP contribution in [0.1, 0.15) is 11.1 Å². The Bertz CT molecular complexity index is 608. The van der Waals surface area contributed by atoms with E-state index in [1.807, 2.05) is 36.4 Å². The quantitative estimate of drug-likeness (QED) is 0.887. The molecule has 0 heterocycles. The monoisotopic (exact) mass is 288 g/mol. The van der Waals surface area contributed by atoms with Gasteiger partial charge in [0.05, 0.1) is 27.4 Å². The Morgan fingerprint density at radius 2 is 1.71 bits per heavy atom. The third-order valence-electron chi connectivity index (χ3n) is 3.38. The summed E-state index contributed by atoms with van der Waals surface area (Å²) >= 11 is 0. The fourth-order valence-electron chi connectivity index (χ4n) is 2.30. The van der Waals surface area contributed by atoms with Crippen LogP contribution in [0.5, 0.6) is 11.5 Å². The van der Waals surface area contributed by atoms with Crippen molar-refractivity contribution in [1.29, 1.82) is 0 Å². The molecule has 0 atom stereocenters. The van der Waals surface area contributed by atoms with Gasteiger partial charge in [-0.2, -0.15) is 0 Å². The maximum atomic E-state index is 9.30. The van der Waals surface area contributed by atoms with Crippen LogP contribution in [0.15, 0.2) is 36.4 Å². The van der Waals surface area contributed by atoms with Crippen molar-refractivity contribution in [3.8, 4) is 22.6 Å². The summed E-state index contributed by atoms with van der Waals surface area (Å²) in [5.41, 5.74) is 3.87. The summed E-state index contributed by atoms with van der Waals surface area (Å²) in [4.78, 5) is 0. The molecule has 4 nitrogen and oxygen atoms in total. The predicted octanol–water partition coefficient (Wildman–Crippen LogP) is 3.01. The van der Waals surface area contributed by atoms with E-state index in [4.69, 9.17) is 14.2 Å². The third kappa shape index (κ3) is 3.35. The van der Waals surface area contributed by atoms with E-state index in [9.17, 15) is 5.11 Å². The van der Waals surface area contributed by atoms with Crippen molar-refractivity contribution in [2.45, 2.75) is 13.2 Å². The number of benzene rings is 2. The first-order valence-corrected chi connectivity index (χ1v) is 6.67. The number of aliphatic hydroxyl groups is 1. The second-order valence-electron chi connectivity index (χ2n) is 4.64.